The Kier molecular flexibility index (Phi) is 3.44. The van der Waals surface area contributed by atoms with Gasteiger partial charge in [-0.25, -0.2) is 9.97 Å². The zero-order valence-electron chi connectivity index (χ0n) is 9.87. The van der Waals surface area contributed by atoms with E-state index < -0.39 is 12.2 Å². The number of nitrogen functional groups attached to an aromatic ring is 1. The van der Waals surface area contributed by atoms with Gasteiger partial charge in [0.15, 0.2) is 0 Å². The highest BCUT2D eigenvalue weighted by atomic mass is 16.3. The van der Waals surface area contributed by atoms with Gasteiger partial charge in [-0.05, 0) is 6.42 Å². The van der Waals surface area contributed by atoms with Crippen molar-refractivity contribution in [1.82, 2.24) is 9.97 Å². The highest BCUT2D eigenvalue weighted by Gasteiger charge is 2.30. The molecule has 0 spiro atoms. The molecule has 6 nitrogen and oxygen atoms in total. The summed E-state index contributed by atoms with van der Waals surface area (Å²) in [4.78, 5) is 10.4. The summed E-state index contributed by atoms with van der Waals surface area (Å²) in [5, 5.41) is 19.0. The summed E-state index contributed by atoms with van der Waals surface area (Å²) >= 11 is 0. The number of nitrogens with zero attached hydrogens (tertiary/aromatic N) is 3. The minimum absolute atomic E-state index is 0.378. The summed E-state index contributed by atoms with van der Waals surface area (Å²) in [6.07, 6.45) is 0.284. The topological polar surface area (TPSA) is 95.5 Å². The van der Waals surface area contributed by atoms with Crippen molar-refractivity contribution in [3.63, 3.8) is 0 Å². The van der Waals surface area contributed by atoms with Crippen LogP contribution < -0.4 is 10.6 Å². The lowest BCUT2D eigenvalue weighted by atomic mass is 10.3. The number of anilines is 2. The van der Waals surface area contributed by atoms with Crippen LogP contribution in [0.25, 0.3) is 0 Å². The van der Waals surface area contributed by atoms with Crippen LogP contribution >= 0.6 is 0 Å². The second kappa shape index (κ2) is 4.85. The quantitative estimate of drug-likeness (QED) is 0.660. The Labute approximate surface area is 100 Å². The Morgan fingerprint density at radius 1 is 1.35 bits per heavy atom. The third kappa shape index (κ3) is 2.65. The van der Waals surface area contributed by atoms with E-state index in [4.69, 9.17) is 5.73 Å². The summed E-state index contributed by atoms with van der Waals surface area (Å²) in [6.45, 7) is 2.81. The minimum Gasteiger partial charge on any atom is -0.389 e. The summed E-state index contributed by atoms with van der Waals surface area (Å²) in [7, 11) is 0. The van der Waals surface area contributed by atoms with Gasteiger partial charge in [0.05, 0.1) is 12.2 Å². The standard InChI is InChI=1S/C11H18N4O2/c1-2-3-10-13-9(12)4-11(14-10)15-5-7(16)8(17)6-15/h4,7-8,16-17H,2-3,5-6H2,1H3,(H2,12,13,14). The van der Waals surface area contributed by atoms with E-state index in [0.29, 0.717) is 30.5 Å². The van der Waals surface area contributed by atoms with Crippen molar-refractivity contribution in [2.24, 2.45) is 0 Å². The van der Waals surface area contributed by atoms with Gasteiger partial charge in [-0.3, -0.25) is 0 Å². The molecule has 1 aliphatic heterocycles. The average Bonchev–Trinajstić information content (AvgIpc) is 2.59. The van der Waals surface area contributed by atoms with Crippen LogP contribution in [0.1, 0.15) is 19.2 Å². The first-order valence-corrected chi connectivity index (χ1v) is 5.84. The fourth-order valence-electron chi connectivity index (χ4n) is 1.96. The number of β-amino-alcohol motifs (C(OH)–C–C–N with tert-alkyl or cyclic N) is 2. The maximum Gasteiger partial charge on any atom is 0.134 e. The molecule has 1 saturated heterocycles. The lowest BCUT2D eigenvalue weighted by molar-refractivity contribution is 0.0572. The van der Waals surface area contributed by atoms with Crippen LogP contribution in [0.5, 0.6) is 0 Å². The molecule has 0 amide bonds. The molecule has 1 aliphatic rings. The van der Waals surface area contributed by atoms with Crippen molar-refractivity contribution in [3.05, 3.63) is 11.9 Å². The Bertz CT molecular complexity index is 389. The van der Waals surface area contributed by atoms with Gasteiger partial charge in [-0.15, -0.1) is 0 Å². The van der Waals surface area contributed by atoms with E-state index in [-0.39, 0.29) is 0 Å². The molecule has 1 aromatic rings. The third-order valence-corrected chi connectivity index (χ3v) is 2.84. The second-order valence-corrected chi connectivity index (χ2v) is 4.36. The van der Waals surface area contributed by atoms with Crippen LogP contribution in [0, 0.1) is 0 Å². The van der Waals surface area contributed by atoms with E-state index in [0.717, 1.165) is 12.8 Å². The number of nitrogens with two attached hydrogens (primary N) is 1. The van der Waals surface area contributed by atoms with E-state index in [1.54, 1.807) is 6.07 Å². The fourth-order valence-corrected chi connectivity index (χ4v) is 1.96. The van der Waals surface area contributed by atoms with Crippen molar-refractivity contribution >= 4 is 11.6 Å². The Morgan fingerprint density at radius 2 is 2.00 bits per heavy atom. The number of aliphatic hydroxyl groups excluding tert-OH is 2. The van der Waals surface area contributed by atoms with Gasteiger partial charge in [0, 0.05) is 25.6 Å². The minimum atomic E-state index is -0.721. The maximum atomic E-state index is 9.51. The van der Waals surface area contributed by atoms with Gasteiger partial charge in [-0.1, -0.05) is 6.92 Å². The molecule has 6 heteroatoms. The Morgan fingerprint density at radius 3 is 2.59 bits per heavy atom. The van der Waals surface area contributed by atoms with E-state index >= 15 is 0 Å². The zero-order valence-corrected chi connectivity index (χ0v) is 9.87. The number of aliphatic hydroxyl groups is 2. The van der Waals surface area contributed by atoms with Crippen LogP contribution in [-0.2, 0) is 6.42 Å². The van der Waals surface area contributed by atoms with Gasteiger partial charge < -0.3 is 20.8 Å². The summed E-state index contributed by atoms with van der Waals surface area (Å²) < 4.78 is 0. The number of aromatic nitrogens is 2. The number of rotatable bonds is 3. The highest BCUT2D eigenvalue weighted by molar-refractivity contribution is 5.48. The molecule has 2 atom stereocenters. The maximum absolute atomic E-state index is 9.51. The molecular formula is C11H18N4O2. The molecule has 17 heavy (non-hydrogen) atoms. The molecule has 0 aromatic carbocycles. The van der Waals surface area contributed by atoms with Gasteiger partial charge in [0.25, 0.3) is 0 Å². The molecule has 0 aliphatic carbocycles. The van der Waals surface area contributed by atoms with Crippen molar-refractivity contribution < 1.29 is 10.2 Å². The molecule has 4 N–H and O–H groups in total. The van der Waals surface area contributed by atoms with Crippen LogP contribution in [0.15, 0.2) is 6.07 Å². The number of aryl methyl sites for hydroxylation is 1. The third-order valence-electron chi connectivity index (χ3n) is 2.84. The molecule has 2 unspecified atom stereocenters. The van der Waals surface area contributed by atoms with E-state index in [9.17, 15) is 10.2 Å². The summed E-state index contributed by atoms with van der Waals surface area (Å²) in [5.41, 5.74) is 5.72. The first-order valence-electron chi connectivity index (χ1n) is 5.84. The monoisotopic (exact) mass is 238 g/mol. The largest absolute Gasteiger partial charge is 0.389 e. The van der Waals surface area contributed by atoms with Crippen LogP contribution in [0.2, 0.25) is 0 Å². The van der Waals surface area contributed by atoms with E-state index in [2.05, 4.69) is 16.9 Å². The predicted octanol–water partition coefficient (Wildman–Crippen LogP) is -0.447. The lowest BCUT2D eigenvalue weighted by Gasteiger charge is -2.17. The number of hydrogen-bond donors (Lipinski definition) is 3. The SMILES string of the molecule is CCCc1nc(N)cc(N2CC(O)C(O)C2)n1. The van der Waals surface area contributed by atoms with Gasteiger partial charge >= 0.3 is 0 Å². The first-order chi connectivity index (χ1) is 8.10. The Hall–Kier alpha value is -1.40. The molecule has 94 valence electrons. The highest BCUT2D eigenvalue weighted by Crippen LogP contribution is 2.20. The average molecular weight is 238 g/mol. The van der Waals surface area contributed by atoms with E-state index in [1.165, 1.54) is 0 Å². The van der Waals surface area contributed by atoms with E-state index in [1.807, 2.05) is 4.90 Å². The first kappa shape index (κ1) is 12.1. The Balaban J connectivity index is 2.20. The molecule has 2 rings (SSSR count). The van der Waals surface area contributed by atoms with Gasteiger partial charge in [0.1, 0.15) is 17.5 Å². The molecular weight excluding hydrogens is 220 g/mol. The fraction of sp³-hybridized carbons (Fsp3) is 0.636. The zero-order chi connectivity index (χ0) is 12.4. The van der Waals surface area contributed by atoms with Crippen LogP contribution in [0.3, 0.4) is 0 Å². The van der Waals surface area contributed by atoms with Crippen molar-refractivity contribution in [3.8, 4) is 0 Å². The summed E-state index contributed by atoms with van der Waals surface area (Å²) in [5.74, 6) is 1.81. The smallest absolute Gasteiger partial charge is 0.134 e. The van der Waals surface area contributed by atoms with Gasteiger partial charge in [-0.2, -0.15) is 0 Å². The molecule has 1 fully saturated rings. The predicted molar refractivity (Wildman–Crippen MR) is 64.7 cm³/mol. The molecule has 0 radical (unpaired) electrons. The molecule has 0 bridgehead atoms. The summed E-state index contributed by atoms with van der Waals surface area (Å²) in [6, 6.07) is 1.67. The normalized spacial score (nSPS) is 24.3. The lowest BCUT2D eigenvalue weighted by Crippen LogP contribution is -2.23. The van der Waals surface area contributed by atoms with Gasteiger partial charge in [0.2, 0.25) is 0 Å². The molecule has 1 aromatic heterocycles. The van der Waals surface area contributed by atoms with Crippen LogP contribution in [-0.4, -0.2) is 45.5 Å². The van der Waals surface area contributed by atoms with Crippen molar-refractivity contribution in [2.45, 2.75) is 32.0 Å². The van der Waals surface area contributed by atoms with Crippen molar-refractivity contribution in [1.29, 1.82) is 0 Å². The molecule has 0 saturated carbocycles. The number of hydrogen-bond acceptors (Lipinski definition) is 6. The second-order valence-electron chi connectivity index (χ2n) is 4.36. The molecule has 2 heterocycles. The van der Waals surface area contributed by atoms with Crippen molar-refractivity contribution in [2.75, 3.05) is 23.7 Å². The van der Waals surface area contributed by atoms with Crippen LogP contribution in [0.4, 0.5) is 11.6 Å².